The number of carbonyl (C=O) groups excluding carboxylic acids is 2. The lowest BCUT2D eigenvalue weighted by atomic mass is 10.0. The molecule has 3 aliphatic rings. The topological polar surface area (TPSA) is 40.6 Å². The molecule has 2 fully saturated rings. The second kappa shape index (κ2) is 3.61. The van der Waals surface area contributed by atoms with Gasteiger partial charge in [0.15, 0.2) is 0 Å². The van der Waals surface area contributed by atoms with Gasteiger partial charge in [0.1, 0.15) is 6.04 Å². The van der Waals surface area contributed by atoms with E-state index in [2.05, 4.69) is 6.08 Å². The molecule has 96 valence electrons. The predicted molar refractivity (Wildman–Crippen MR) is 71.0 cm³/mol. The van der Waals surface area contributed by atoms with Gasteiger partial charge in [-0.3, -0.25) is 4.79 Å². The zero-order valence-electron chi connectivity index (χ0n) is 9.99. The number of carbonyl (C=O) groups is 2. The molecule has 3 unspecified atom stereocenters. The molecule has 0 radical (unpaired) electrons. The summed E-state index contributed by atoms with van der Waals surface area (Å²) in [5.74, 6) is 0.0368. The summed E-state index contributed by atoms with van der Waals surface area (Å²) < 4.78 is 0. The number of hydrogen-bond acceptors (Lipinski definition) is 2. The maximum atomic E-state index is 12.5. The Labute approximate surface area is 115 Å². The Morgan fingerprint density at radius 2 is 2.05 bits per heavy atom. The van der Waals surface area contributed by atoms with E-state index in [4.69, 9.17) is 11.6 Å². The van der Waals surface area contributed by atoms with Crippen molar-refractivity contribution in [3.05, 3.63) is 41.4 Å². The molecule has 4 rings (SSSR count). The number of hydrogen-bond donors (Lipinski definition) is 0. The average Bonchev–Trinajstić information content (AvgIpc) is 3.04. The van der Waals surface area contributed by atoms with Crippen molar-refractivity contribution in [2.45, 2.75) is 18.5 Å². The predicted octanol–water partition coefficient (Wildman–Crippen LogP) is 2.44. The molecular weight excluding hydrogens is 264 g/mol. The Bertz CT molecular complexity index is 598. The zero-order chi connectivity index (χ0) is 13.1. The summed E-state index contributed by atoms with van der Waals surface area (Å²) in [6.45, 7) is 0. The number of fused-ring (bicyclic) bond motifs is 5. The van der Waals surface area contributed by atoms with Gasteiger partial charge in [0, 0.05) is 10.9 Å². The van der Waals surface area contributed by atoms with Gasteiger partial charge in [0.05, 0.1) is 11.7 Å². The van der Waals surface area contributed by atoms with E-state index in [1.165, 1.54) is 4.90 Å². The van der Waals surface area contributed by atoms with Crippen molar-refractivity contribution in [2.24, 2.45) is 5.92 Å². The van der Waals surface area contributed by atoms with Crippen molar-refractivity contribution >= 4 is 29.2 Å². The molecule has 2 saturated heterocycles. The molecule has 0 spiro atoms. The maximum Gasteiger partial charge on any atom is 0.332 e. The largest absolute Gasteiger partial charge is 0.332 e. The van der Waals surface area contributed by atoms with E-state index >= 15 is 0 Å². The van der Waals surface area contributed by atoms with E-state index in [1.54, 1.807) is 29.2 Å². The highest BCUT2D eigenvalue weighted by molar-refractivity contribution is 6.31. The molecule has 3 atom stereocenters. The van der Waals surface area contributed by atoms with Gasteiger partial charge in [-0.05, 0) is 24.6 Å². The number of benzene rings is 1. The van der Waals surface area contributed by atoms with Crippen molar-refractivity contribution in [1.82, 2.24) is 4.90 Å². The van der Waals surface area contributed by atoms with E-state index < -0.39 is 0 Å². The summed E-state index contributed by atoms with van der Waals surface area (Å²) in [6.07, 6.45) is 4.96. The van der Waals surface area contributed by atoms with Crippen LogP contribution in [-0.2, 0) is 4.79 Å². The Balaban J connectivity index is 1.77. The maximum absolute atomic E-state index is 12.5. The quantitative estimate of drug-likeness (QED) is 0.583. The first-order chi connectivity index (χ1) is 9.16. The van der Waals surface area contributed by atoms with Crippen LogP contribution in [0.5, 0.6) is 0 Å². The molecule has 0 saturated carbocycles. The fourth-order valence-electron chi connectivity index (χ4n) is 3.32. The van der Waals surface area contributed by atoms with Gasteiger partial charge in [-0.2, -0.15) is 0 Å². The lowest BCUT2D eigenvalue weighted by molar-refractivity contribution is -0.119. The van der Waals surface area contributed by atoms with Crippen LogP contribution in [0.25, 0.3) is 0 Å². The van der Waals surface area contributed by atoms with Crippen LogP contribution in [0.2, 0.25) is 5.02 Å². The van der Waals surface area contributed by atoms with E-state index in [1.807, 2.05) is 6.08 Å². The van der Waals surface area contributed by atoms with Crippen LogP contribution < -0.4 is 4.90 Å². The normalized spacial score (nSPS) is 31.5. The Kier molecular flexibility index (Phi) is 2.10. The molecule has 5 heteroatoms. The van der Waals surface area contributed by atoms with Crippen molar-refractivity contribution in [3.8, 4) is 0 Å². The number of amides is 3. The molecule has 2 bridgehead atoms. The van der Waals surface area contributed by atoms with Gasteiger partial charge in [-0.25, -0.2) is 9.69 Å². The second-order valence-corrected chi connectivity index (χ2v) is 5.58. The Morgan fingerprint density at radius 3 is 2.79 bits per heavy atom. The summed E-state index contributed by atoms with van der Waals surface area (Å²) in [4.78, 5) is 27.9. The van der Waals surface area contributed by atoms with Crippen molar-refractivity contribution in [1.29, 1.82) is 0 Å². The summed E-state index contributed by atoms with van der Waals surface area (Å²) in [7, 11) is 0. The zero-order valence-corrected chi connectivity index (χ0v) is 10.7. The third-order valence-electron chi connectivity index (χ3n) is 4.11. The molecule has 1 aromatic carbocycles. The highest BCUT2D eigenvalue weighted by Gasteiger charge is 2.57. The standard InChI is InChI=1S/C14H11ClN2O2/c15-9-2-1-3-10(7-9)17-13(18)12-8-4-5-11(6-8)16(12)14(17)19/h1-5,7-8,11-12H,6H2. The molecule has 4 nitrogen and oxygen atoms in total. The highest BCUT2D eigenvalue weighted by Crippen LogP contribution is 2.43. The van der Waals surface area contributed by atoms with Crippen LogP contribution in [-0.4, -0.2) is 28.9 Å². The molecule has 19 heavy (non-hydrogen) atoms. The van der Waals surface area contributed by atoms with E-state index in [9.17, 15) is 9.59 Å². The first-order valence-electron chi connectivity index (χ1n) is 6.27. The fourth-order valence-corrected chi connectivity index (χ4v) is 3.50. The molecule has 2 heterocycles. The molecule has 1 aromatic rings. The van der Waals surface area contributed by atoms with Crippen LogP contribution >= 0.6 is 11.6 Å². The number of anilines is 1. The molecule has 1 aliphatic carbocycles. The fraction of sp³-hybridized carbons (Fsp3) is 0.286. The van der Waals surface area contributed by atoms with Crippen LogP contribution in [0.3, 0.4) is 0 Å². The minimum Gasteiger partial charge on any atom is -0.305 e. The highest BCUT2D eigenvalue weighted by atomic mass is 35.5. The summed E-state index contributed by atoms with van der Waals surface area (Å²) >= 11 is 5.93. The second-order valence-electron chi connectivity index (χ2n) is 5.14. The van der Waals surface area contributed by atoms with E-state index in [-0.39, 0.29) is 29.9 Å². The van der Waals surface area contributed by atoms with Crippen molar-refractivity contribution in [2.75, 3.05) is 4.90 Å². The molecule has 2 aliphatic heterocycles. The molecule has 3 amide bonds. The van der Waals surface area contributed by atoms with Gasteiger partial charge in [-0.1, -0.05) is 29.8 Å². The summed E-state index contributed by atoms with van der Waals surface area (Å²) in [5.41, 5.74) is 0.552. The number of halogens is 1. The Morgan fingerprint density at radius 1 is 1.21 bits per heavy atom. The average molecular weight is 275 g/mol. The van der Waals surface area contributed by atoms with Gasteiger partial charge in [0.25, 0.3) is 5.91 Å². The minimum absolute atomic E-state index is 0.0793. The molecule has 0 aromatic heterocycles. The van der Waals surface area contributed by atoms with Crippen LogP contribution in [0.1, 0.15) is 6.42 Å². The molecular formula is C14H11ClN2O2. The van der Waals surface area contributed by atoms with Crippen molar-refractivity contribution in [3.63, 3.8) is 0 Å². The lowest BCUT2D eigenvalue weighted by Gasteiger charge is -2.22. The summed E-state index contributed by atoms with van der Waals surface area (Å²) in [5, 5.41) is 0.520. The number of nitrogens with zero attached hydrogens (tertiary/aromatic N) is 2. The van der Waals surface area contributed by atoms with Crippen LogP contribution in [0, 0.1) is 5.92 Å². The van der Waals surface area contributed by atoms with Crippen molar-refractivity contribution < 1.29 is 9.59 Å². The summed E-state index contributed by atoms with van der Waals surface area (Å²) in [6, 6.07) is 6.39. The monoisotopic (exact) mass is 274 g/mol. The smallest absolute Gasteiger partial charge is 0.305 e. The number of urea groups is 1. The van der Waals surface area contributed by atoms with Gasteiger partial charge < -0.3 is 4.90 Å². The van der Waals surface area contributed by atoms with E-state index in [0.717, 1.165) is 6.42 Å². The SMILES string of the molecule is O=C1C2C3C=CC(C3)N2C(=O)N1c1cccc(Cl)c1. The first kappa shape index (κ1) is 11.1. The molecule has 0 N–H and O–H groups in total. The van der Waals surface area contributed by atoms with Gasteiger partial charge >= 0.3 is 6.03 Å². The third kappa shape index (κ3) is 1.35. The van der Waals surface area contributed by atoms with E-state index in [0.29, 0.717) is 10.7 Å². The number of rotatable bonds is 1. The first-order valence-corrected chi connectivity index (χ1v) is 6.65. The third-order valence-corrected chi connectivity index (χ3v) is 4.34. The van der Waals surface area contributed by atoms with Gasteiger partial charge in [0.2, 0.25) is 0 Å². The van der Waals surface area contributed by atoms with Gasteiger partial charge in [-0.15, -0.1) is 0 Å². The number of imide groups is 1. The van der Waals surface area contributed by atoms with Crippen LogP contribution in [0.15, 0.2) is 36.4 Å². The van der Waals surface area contributed by atoms with Crippen LogP contribution in [0.4, 0.5) is 10.5 Å². The minimum atomic E-state index is -0.318. The Hall–Kier alpha value is -1.81. The lowest BCUT2D eigenvalue weighted by Crippen LogP contribution is -2.38.